The van der Waals surface area contributed by atoms with Crippen LogP contribution >= 0.6 is 0 Å². The average Bonchev–Trinajstić information content (AvgIpc) is 2.15. The lowest BCUT2D eigenvalue weighted by Gasteiger charge is -2.23. The molecule has 0 heterocycles. The minimum absolute atomic E-state index is 0.380. The second kappa shape index (κ2) is 7.24. The maximum Gasteiger partial charge on any atom is 0.0622 e. The number of hydrogen-bond donors (Lipinski definition) is 1. The quantitative estimate of drug-likeness (QED) is 0.659. The van der Waals surface area contributed by atoms with Crippen molar-refractivity contribution < 1.29 is 4.74 Å². The molecule has 0 bridgehead atoms. The molecule has 0 rings (SSSR count). The fraction of sp³-hybridized carbons (Fsp3) is 1.00. The van der Waals surface area contributed by atoms with Crippen molar-refractivity contribution in [2.75, 3.05) is 20.3 Å². The van der Waals surface area contributed by atoms with Gasteiger partial charge in [0, 0.05) is 12.6 Å². The van der Waals surface area contributed by atoms with Crippen LogP contribution in [0.15, 0.2) is 0 Å². The first kappa shape index (κ1) is 14.9. The highest BCUT2D eigenvalue weighted by Crippen LogP contribution is 2.18. The van der Waals surface area contributed by atoms with Crippen LogP contribution < -0.4 is 5.32 Å². The highest BCUT2D eigenvalue weighted by Gasteiger charge is 2.14. The largest absolute Gasteiger partial charge is 0.380 e. The minimum Gasteiger partial charge on any atom is -0.380 e. The maximum absolute atomic E-state index is 5.72. The van der Waals surface area contributed by atoms with E-state index in [9.17, 15) is 0 Å². The summed E-state index contributed by atoms with van der Waals surface area (Å²) >= 11 is 0. The normalized spacial score (nSPS) is 16.4. The van der Waals surface area contributed by atoms with Crippen molar-refractivity contribution in [3.63, 3.8) is 0 Å². The summed E-state index contributed by atoms with van der Waals surface area (Å²) in [5.74, 6) is 0.685. The molecule has 1 N–H and O–H groups in total. The van der Waals surface area contributed by atoms with E-state index in [0.29, 0.717) is 17.4 Å². The lowest BCUT2D eigenvalue weighted by atomic mass is 9.93. The molecule has 2 atom stereocenters. The molecule has 0 aliphatic rings. The Balaban J connectivity index is 3.64. The Bertz CT molecular complexity index is 151. The number of nitrogens with one attached hydrogen (secondary N) is 1. The molecule has 15 heavy (non-hydrogen) atoms. The maximum atomic E-state index is 5.72. The van der Waals surface area contributed by atoms with E-state index in [1.165, 1.54) is 6.42 Å². The molecule has 0 aromatic carbocycles. The molecule has 0 spiro atoms. The van der Waals surface area contributed by atoms with Gasteiger partial charge in [-0.05, 0) is 24.8 Å². The van der Waals surface area contributed by atoms with Crippen molar-refractivity contribution in [2.24, 2.45) is 11.3 Å². The molecule has 0 aromatic heterocycles. The van der Waals surface area contributed by atoms with Crippen LogP contribution in [-0.4, -0.2) is 26.3 Å². The van der Waals surface area contributed by atoms with Crippen LogP contribution in [0.3, 0.4) is 0 Å². The van der Waals surface area contributed by atoms with Crippen molar-refractivity contribution in [3.05, 3.63) is 0 Å². The third-order valence-electron chi connectivity index (χ3n) is 3.00. The van der Waals surface area contributed by atoms with Crippen LogP contribution in [-0.2, 0) is 4.74 Å². The number of rotatable bonds is 7. The van der Waals surface area contributed by atoms with E-state index in [-0.39, 0.29) is 0 Å². The SMILES string of the molecule is CCC(C)C(COCCC(C)(C)C)NC. The monoisotopic (exact) mass is 215 g/mol. The molecular weight excluding hydrogens is 186 g/mol. The number of likely N-dealkylation sites (N-methyl/N-ethyl adjacent to an activating group) is 1. The van der Waals surface area contributed by atoms with E-state index >= 15 is 0 Å². The molecule has 0 aliphatic heterocycles. The van der Waals surface area contributed by atoms with Gasteiger partial charge in [0.05, 0.1) is 6.61 Å². The number of ether oxygens (including phenoxy) is 1. The molecule has 0 aliphatic carbocycles. The van der Waals surface area contributed by atoms with Crippen LogP contribution in [0.2, 0.25) is 0 Å². The summed E-state index contributed by atoms with van der Waals surface area (Å²) in [5.41, 5.74) is 0.380. The third-order valence-corrected chi connectivity index (χ3v) is 3.00. The summed E-state index contributed by atoms with van der Waals surface area (Å²) < 4.78 is 5.72. The highest BCUT2D eigenvalue weighted by molar-refractivity contribution is 4.70. The molecular formula is C13H29NO. The van der Waals surface area contributed by atoms with E-state index in [2.05, 4.69) is 39.9 Å². The van der Waals surface area contributed by atoms with Crippen molar-refractivity contribution in [1.82, 2.24) is 5.32 Å². The van der Waals surface area contributed by atoms with Gasteiger partial charge in [-0.15, -0.1) is 0 Å². The Morgan fingerprint density at radius 2 is 1.87 bits per heavy atom. The summed E-state index contributed by atoms with van der Waals surface area (Å²) in [6.07, 6.45) is 2.33. The van der Waals surface area contributed by atoms with Gasteiger partial charge in [0.2, 0.25) is 0 Å². The van der Waals surface area contributed by atoms with Crippen LogP contribution in [0.1, 0.15) is 47.5 Å². The lowest BCUT2D eigenvalue weighted by Crippen LogP contribution is -2.36. The lowest BCUT2D eigenvalue weighted by molar-refractivity contribution is 0.0788. The molecule has 0 saturated heterocycles. The topological polar surface area (TPSA) is 21.3 Å². The van der Waals surface area contributed by atoms with Gasteiger partial charge in [-0.3, -0.25) is 0 Å². The van der Waals surface area contributed by atoms with Gasteiger partial charge in [-0.2, -0.15) is 0 Å². The highest BCUT2D eigenvalue weighted by atomic mass is 16.5. The number of hydrogen-bond acceptors (Lipinski definition) is 2. The van der Waals surface area contributed by atoms with Crippen LogP contribution in [0.25, 0.3) is 0 Å². The smallest absolute Gasteiger partial charge is 0.0622 e. The average molecular weight is 215 g/mol. The Morgan fingerprint density at radius 1 is 1.27 bits per heavy atom. The molecule has 0 saturated carbocycles. The van der Waals surface area contributed by atoms with Crippen molar-refractivity contribution in [3.8, 4) is 0 Å². The van der Waals surface area contributed by atoms with Crippen LogP contribution in [0.4, 0.5) is 0 Å². The summed E-state index contributed by atoms with van der Waals surface area (Å²) in [4.78, 5) is 0. The van der Waals surface area contributed by atoms with E-state index < -0.39 is 0 Å². The summed E-state index contributed by atoms with van der Waals surface area (Å²) in [6, 6.07) is 0.495. The first-order valence-corrected chi connectivity index (χ1v) is 6.15. The summed E-state index contributed by atoms with van der Waals surface area (Å²) in [5, 5.41) is 3.33. The zero-order chi connectivity index (χ0) is 11.9. The minimum atomic E-state index is 0.380. The van der Waals surface area contributed by atoms with Crippen LogP contribution in [0.5, 0.6) is 0 Å². The van der Waals surface area contributed by atoms with Gasteiger partial charge < -0.3 is 10.1 Å². The van der Waals surface area contributed by atoms with Crippen molar-refractivity contribution in [2.45, 2.75) is 53.5 Å². The van der Waals surface area contributed by atoms with Crippen molar-refractivity contribution >= 4 is 0 Å². The zero-order valence-electron chi connectivity index (χ0n) is 11.4. The van der Waals surface area contributed by atoms with E-state index in [1.54, 1.807) is 0 Å². The first-order valence-electron chi connectivity index (χ1n) is 6.15. The predicted octanol–water partition coefficient (Wildman–Crippen LogP) is 3.07. The van der Waals surface area contributed by atoms with Gasteiger partial charge >= 0.3 is 0 Å². The molecule has 0 amide bonds. The summed E-state index contributed by atoms with van der Waals surface area (Å²) in [7, 11) is 2.02. The van der Waals surface area contributed by atoms with Gasteiger partial charge in [0.25, 0.3) is 0 Å². The Kier molecular flexibility index (Phi) is 7.20. The van der Waals surface area contributed by atoms with Crippen LogP contribution in [0, 0.1) is 11.3 Å². The predicted molar refractivity (Wildman–Crippen MR) is 67.2 cm³/mol. The molecule has 0 fully saturated rings. The standard InChI is InChI=1S/C13H29NO/c1-7-11(2)12(14-6)10-15-9-8-13(3,4)5/h11-12,14H,7-10H2,1-6H3. The fourth-order valence-corrected chi connectivity index (χ4v) is 1.41. The third kappa shape index (κ3) is 7.80. The molecule has 2 nitrogen and oxygen atoms in total. The Hall–Kier alpha value is -0.0800. The molecule has 0 radical (unpaired) electrons. The fourth-order valence-electron chi connectivity index (χ4n) is 1.41. The van der Waals surface area contributed by atoms with Gasteiger partial charge in [0.15, 0.2) is 0 Å². The van der Waals surface area contributed by atoms with E-state index in [1.807, 2.05) is 7.05 Å². The zero-order valence-corrected chi connectivity index (χ0v) is 11.4. The second-order valence-corrected chi connectivity index (χ2v) is 5.67. The molecule has 92 valence electrons. The van der Waals surface area contributed by atoms with Gasteiger partial charge in [-0.25, -0.2) is 0 Å². The first-order chi connectivity index (χ1) is 6.90. The molecule has 0 aromatic rings. The van der Waals surface area contributed by atoms with E-state index in [0.717, 1.165) is 19.6 Å². The summed E-state index contributed by atoms with van der Waals surface area (Å²) in [6.45, 7) is 13.0. The Morgan fingerprint density at radius 3 is 2.27 bits per heavy atom. The Labute approximate surface area is 95.8 Å². The van der Waals surface area contributed by atoms with Gasteiger partial charge in [0.1, 0.15) is 0 Å². The van der Waals surface area contributed by atoms with Crippen molar-refractivity contribution in [1.29, 1.82) is 0 Å². The van der Waals surface area contributed by atoms with Gasteiger partial charge in [-0.1, -0.05) is 41.0 Å². The van der Waals surface area contributed by atoms with E-state index in [4.69, 9.17) is 4.74 Å². The second-order valence-electron chi connectivity index (χ2n) is 5.67. The molecule has 2 heteroatoms. The molecule has 2 unspecified atom stereocenters.